The summed E-state index contributed by atoms with van der Waals surface area (Å²) in [4.78, 5) is 42.3. The van der Waals surface area contributed by atoms with Crippen LogP contribution in [0.25, 0.3) is 0 Å². The number of carbonyl (C=O) groups excluding carboxylic acids is 3. The van der Waals surface area contributed by atoms with E-state index in [0.717, 1.165) is 0 Å². The van der Waals surface area contributed by atoms with Gasteiger partial charge >= 0.3 is 5.97 Å². The molecule has 0 aromatic rings. The molecule has 11 heteroatoms. The smallest absolute Gasteiger partial charge is 0.311 e. The van der Waals surface area contributed by atoms with Crippen LogP contribution in [0.3, 0.4) is 0 Å². The molecule has 0 spiro atoms. The number of esters is 1. The van der Waals surface area contributed by atoms with E-state index in [9.17, 15) is 19.5 Å². The van der Waals surface area contributed by atoms with Crippen LogP contribution >= 0.6 is 0 Å². The summed E-state index contributed by atoms with van der Waals surface area (Å²) >= 11 is 0. The number of nitrogens with zero attached hydrogens (tertiary/aromatic N) is 1. The molecule has 4 rings (SSSR count). The zero-order chi connectivity index (χ0) is 32.0. The summed E-state index contributed by atoms with van der Waals surface area (Å²) in [5, 5.41) is 11.4. The van der Waals surface area contributed by atoms with Crippen molar-refractivity contribution in [2.24, 2.45) is 23.7 Å². The van der Waals surface area contributed by atoms with Crippen molar-refractivity contribution in [2.75, 3.05) is 27.3 Å². The van der Waals surface area contributed by atoms with E-state index in [1.165, 1.54) is 0 Å². The van der Waals surface area contributed by atoms with E-state index in [2.05, 4.69) is 0 Å². The zero-order valence-electron chi connectivity index (χ0n) is 27.5. The first-order chi connectivity index (χ1) is 20.0. The zero-order valence-corrected chi connectivity index (χ0v) is 27.5. The molecular formula is C32H53NO10. The van der Waals surface area contributed by atoms with E-state index in [1.807, 2.05) is 60.5 Å². The highest BCUT2D eigenvalue weighted by Crippen LogP contribution is 2.45. The molecule has 14 atom stereocenters. The summed E-state index contributed by atoms with van der Waals surface area (Å²) in [6.45, 7) is 14.4. The third-order valence-electron chi connectivity index (χ3n) is 10.3. The normalized spacial score (nSPS) is 48.5. The quantitative estimate of drug-likeness (QED) is 0.471. The number of hydrogen-bond donors (Lipinski definition) is 1. The Bertz CT molecular complexity index is 1040. The molecule has 0 aromatic carbocycles. The van der Waals surface area contributed by atoms with Gasteiger partial charge in [0, 0.05) is 17.9 Å². The van der Waals surface area contributed by atoms with E-state index in [-0.39, 0.29) is 42.8 Å². The van der Waals surface area contributed by atoms with Gasteiger partial charge in [-0.15, -0.1) is 0 Å². The molecule has 0 aliphatic carbocycles. The molecule has 1 N–H and O–H groups in total. The minimum absolute atomic E-state index is 0.104. The van der Waals surface area contributed by atoms with E-state index in [1.54, 1.807) is 13.8 Å². The Morgan fingerprint density at radius 3 is 2.30 bits per heavy atom. The number of likely N-dealkylation sites (N-methyl/N-ethyl adjacent to an activating group) is 1. The number of hydrogen-bond acceptors (Lipinski definition) is 11. The second-order valence-corrected chi connectivity index (χ2v) is 14.1. The number of carbonyl (C=O) groups is 3. The molecule has 246 valence electrons. The van der Waals surface area contributed by atoms with Crippen molar-refractivity contribution >= 4 is 17.5 Å². The predicted molar refractivity (Wildman–Crippen MR) is 156 cm³/mol. The van der Waals surface area contributed by atoms with Gasteiger partial charge in [-0.3, -0.25) is 14.4 Å². The van der Waals surface area contributed by atoms with Crippen LogP contribution in [0.4, 0.5) is 0 Å². The Morgan fingerprint density at radius 2 is 1.67 bits per heavy atom. The van der Waals surface area contributed by atoms with Crippen molar-refractivity contribution < 1.29 is 47.9 Å². The van der Waals surface area contributed by atoms with Crippen LogP contribution < -0.4 is 0 Å². The molecule has 3 unspecified atom stereocenters. The molecule has 4 aliphatic rings. The van der Waals surface area contributed by atoms with Crippen molar-refractivity contribution in [3.8, 4) is 0 Å². The molecule has 4 heterocycles. The maximum Gasteiger partial charge on any atom is 0.311 e. The van der Waals surface area contributed by atoms with E-state index >= 15 is 0 Å². The van der Waals surface area contributed by atoms with Gasteiger partial charge in [-0.05, 0) is 67.0 Å². The van der Waals surface area contributed by atoms with Crippen molar-refractivity contribution in [3.63, 3.8) is 0 Å². The number of ketones is 2. The standard InChI is InChI=1S/C32H53NO10/c1-11-23-32(8)27(36)18(4)25(43-32)16(2)13-31(7)28(42-30-24(35)22(33(9)10)12-17(3)40-30)19(5)26(20(6)29(37)41-23)38-14-21(34)15-39-31/h16-20,22-26,28,30,35H,11-15H2,1-10H3/t16-,17-,18?,19-,20-,22+,23-,24-,25?,26+,28-,30+,31-,32?/m1/s1. The Kier molecular flexibility index (Phi) is 10.5. The van der Waals surface area contributed by atoms with Crippen molar-refractivity contribution in [2.45, 2.75) is 135 Å². The minimum atomic E-state index is -1.30. The van der Waals surface area contributed by atoms with Crippen molar-refractivity contribution in [1.82, 2.24) is 4.90 Å². The van der Waals surface area contributed by atoms with Crippen LogP contribution in [-0.4, -0.2) is 115 Å². The first-order valence-corrected chi connectivity index (χ1v) is 15.9. The van der Waals surface area contributed by atoms with Gasteiger partial charge in [0.25, 0.3) is 0 Å². The molecule has 4 aliphatic heterocycles. The van der Waals surface area contributed by atoms with Crippen LogP contribution in [-0.2, 0) is 42.8 Å². The average Bonchev–Trinajstić information content (AvgIpc) is 3.20. The van der Waals surface area contributed by atoms with Crippen LogP contribution in [0, 0.1) is 23.7 Å². The molecule has 0 radical (unpaired) electrons. The van der Waals surface area contributed by atoms with Gasteiger partial charge in [0.15, 0.2) is 23.5 Å². The Hall–Kier alpha value is -1.47. The molecule has 11 nitrogen and oxygen atoms in total. The molecule has 0 saturated carbocycles. The second-order valence-electron chi connectivity index (χ2n) is 14.1. The molecular weight excluding hydrogens is 558 g/mol. The van der Waals surface area contributed by atoms with Gasteiger partial charge < -0.3 is 38.4 Å². The monoisotopic (exact) mass is 611 g/mol. The number of cyclic esters (lactones) is 1. The summed E-state index contributed by atoms with van der Waals surface area (Å²) in [6, 6.07) is -0.203. The number of aliphatic hydroxyl groups is 1. The number of rotatable bonds is 4. The lowest BCUT2D eigenvalue weighted by molar-refractivity contribution is -0.303. The topological polar surface area (TPSA) is 130 Å². The maximum atomic E-state index is 13.7. The molecule has 4 saturated heterocycles. The molecule has 0 aromatic heterocycles. The van der Waals surface area contributed by atoms with E-state index in [4.69, 9.17) is 28.4 Å². The van der Waals surface area contributed by atoms with Crippen LogP contribution in [0.5, 0.6) is 0 Å². The highest BCUT2D eigenvalue weighted by Gasteiger charge is 2.58. The van der Waals surface area contributed by atoms with Gasteiger partial charge in [0.1, 0.15) is 25.4 Å². The summed E-state index contributed by atoms with van der Waals surface area (Å²) in [7, 11) is 3.82. The van der Waals surface area contributed by atoms with Crippen molar-refractivity contribution in [1.29, 1.82) is 0 Å². The Balaban J connectivity index is 1.83. The molecule has 43 heavy (non-hydrogen) atoms. The Morgan fingerprint density at radius 1 is 1.00 bits per heavy atom. The number of fused-ring (bicyclic) bond motifs is 5. The lowest BCUT2D eigenvalue weighted by atomic mass is 9.75. The molecule has 4 bridgehead atoms. The van der Waals surface area contributed by atoms with E-state index < -0.39 is 71.7 Å². The fourth-order valence-corrected chi connectivity index (χ4v) is 7.89. The van der Waals surface area contributed by atoms with Gasteiger partial charge in [0.2, 0.25) is 0 Å². The summed E-state index contributed by atoms with van der Waals surface area (Å²) in [5.41, 5.74) is -2.40. The van der Waals surface area contributed by atoms with Crippen LogP contribution in [0.2, 0.25) is 0 Å². The first kappa shape index (κ1) is 34.4. The predicted octanol–water partition coefficient (Wildman–Crippen LogP) is 2.54. The summed E-state index contributed by atoms with van der Waals surface area (Å²) in [6.07, 6.45) is -3.58. The summed E-state index contributed by atoms with van der Waals surface area (Å²) in [5.74, 6) is -2.89. The minimum Gasteiger partial charge on any atom is -0.459 e. The summed E-state index contributed by atoms with van der Waals surface area (Å²) < 4.78 is 38.1. The van der Waals surface area contributed by atoms with Gasteiger partial charge in [0.05, 0.1) is 35.9 Å². The first-order valence-electron chi connectivity index (χ1n) is 15.9. The lowest BCUT2D eigenvalue weighted by Crippen LogP contribution is -2.59. The van der Waals surface area contributed by atoms with E-state index in [0.29, 0.717) is 19.3 Å². The van der Waals surface area contributed by atoms with Gasteiger partial charge in [-0.25, -0.2) is 0 Å². The molecule has 4 fully saturated rings. The largest absolute Gasteiger partial charge is 0.459 e. The lowest BCUT2D eigenvalue weighted by Gasteiger charge is -2.48. The number of Topliss-reactive ketones (excluding diaryl/α,β-unsaturated/α-hetero) is 2. The van der Waals surface area contributed by atoms with Crippen LogP contribution in [0.15, 0.2) is 0 Å². The van der Waals surface area contributed by atoms with Crippen molar-refractivity contribution in [3.05, 3.63) is 0 Å². The SMILES string of the molecule is CC[C@H]1OC(=O)[C@H](C)[C@H]2OCC(=O)CO[C@](C)(C[C@@H](C)C3OC1(C)C(=O)C3C)[C@H](O[C@@H]1O[C@H](C)C[C@H](N(C)C)[C@H]1O)[C@@H]2C. The Labute approximate surface area is 256 Å². The number of aliphatic hydroxyl groups excluding tert-OH is 1. The fourth-order valence-electron chi connectivity index (χ4n) is 7.89. The van der Waals surface area contributed by atoms with Gasteiger partial charge in [-0.1, -0.05) is 27.7 Å². The van der Waals surface area contributed by atoms with Crippen LogP contribution in [0.1, 0.15) is 74.7 Å². The van der Waals surface area contributed by atoms with Gasteiger partial charge in [-0.2, -0.15) is 0 Å². The number of ether oxygens (including phenoxy) is 6. The third-order valence-corrected chi connectivity index (χ3v) is 10.3. The molecule has 0 amide bonds. The average molecular weight is 612 g/mol. The maximum absolute atomic E-state index is 13.7. The fraction of sp³-hybridized carbons (Fsp3) is 0.906. The second kappa shape index (κ2) is 13.1. The third kappa shape index (κ3) is 6.59. The highest BCUT2D eigenvalue weighted by atomic mass is 16.7. The highest BCUT2D eigenvalue weighted by molar-refractivity contribution is 5.92.